The van der Waals surface area contributed by atoms with Gasteiger partial charge in [0.15, 0.2) is 0 Å². The molecule has 3 aromatic rings. The molecule has 1 atom stereocenters. The molecule has 0 fully saturated rings. The summed E-state index contributed by atoms with van der Waals surface area (Å²) in [6, 6.07) is 22.2. The molecule has 0 amide bonds. The molecule has 3 aromatic carbocycles. The fraction of sp³-hybridized carbons (Fsp3) is 0.441. The van der Waals surface area contributed by atoms with E-state index in [1.165, 1.54) is 38.9 Å². The average Bonchev–Trinajstić information content (AvgIpc) is 2.85. The van der Waals surface area contributed by atoms with Crippen molar-refractivity contribution >= 4 is 6.29 Å². The minimum atomic E-state index is -0.301. The van der Waals surface area contributed by atoms with Crippen molar-refractivity contribution in [3.05, 3.63) is 94.0 Å². The summed E-state index contributed by atoms with van der Waals surface area (Å²) in [5.74, 6) is 0. The minimum Gasteiger partial charge on any atom is -0.393 e. The van der Waals surface area contributed by atoms with Crippen LogP contribution in [0.1, 0.15) is 87.3 Å². The van der Waals surface area contributed by atoms with Gasteiger partial charge in [-0.05, 0) is 89.5 Å². The highest BCUT2D eigenvalue weighted by atomic mass is 16.3. The molecule has 1 unspecified atom stereocenters. The van der Waals surface area contributed by atoms with Crippen molar-refractivity contribution in [1.29, 1.82) is 0 Å². The van der Waals surface area contributed by atoms with E-state index in [4.69, 9.17) is 0 Å². The summed E-state index contributed by atoms with van der Waals surface area (Å²) in [5.41, 5.74) is 9.98. The van der Waals surface area contributed by atoms with Crippen molar-refractivity contribution < 1.29 is 9.90 Å². The van der Waals surface area contributed by atoms with Crippen LogP contribution in [-0.2, 0) is 23.1 Å². The van der Waals surface area contributed by atoms with Crippen LogP contribution >= 0.6 is 0 Å². The molecule has 2 nitrogen and oxygen atoms in total. The first kappa shape index (κ1) is 27.9. The summed E-state index contributed by atoms with van der Waals surface area (Å²) < 4.78 is 0. The summed E-state index contributed by atoms with van der Waals surface area (Å²) in [6.07, 6.45) is 4.86. The molecule has 0 heterocycles. The fourth-order valence-corrected chi connectivity index (χ4v) is 5.43. The molecule has 0 saturated carbocycles. The third-order valence-corrected chi connectivity index (χ3v) is 8.15. The number of benzene rings is 3. The monoisotopic (exact) mass is 484 g/mol. The van der Waals surface area contributed by atoms with Crippen LogP contribution in [0, 0.1) is 19.3 Å². The maximum atomic E-state index is 10.8. The zero-order valence-corrected chi connectivity index (χ0v) is 23.3. The lowest BCUT2D eigenvalue weighted by Gasteiger charge is -2.34. The molecule has 0 bridgehead atoms. The van der Waals surface area contributed by atoms with Gasteiger partial charge in [0.05, 0.1) is 6.10 Å². The smallest absolute Gasteiger partial charge is 0.124 e. The predicted octanol–water partition coefficient (Wildman–Crippen LogP) is 8.16. The lowest BCUT2D eigenvalue weighted by molar-refractivity contribution is -0.107. The summed E-state index contributed by atoms with van der Waals surface area (Å²) in [5, 5.41) is 10.5. The third kappa shape index (κ3) is 5.98. The standard InChI is InChI=1S/C34H44O2/c1-8-34(9-2,29-16-14-27(24(3)22-29)15-19-32(36)33(5,6)7)30-17-18-31(25(4)23-30)28-12-10-26(11-13-28)20-21-35/h10-14,16-18,21-23,32,36H,8-9,15,19-20H2,1-7H3. The molecular weight excluding hydrogens is 440 g/mol. The van der Waals surface area contributed by atoms with Gasteiger partial charge in [-0.1, -0.05) is 95.3 Å². The van der Waals surface area contributed by atoms with Crippen molar-refractivity contribution in [2.75, 3.05) is 0 Å². The second-order valence-corrected chi connectivity index (χ2v) is 11.4. The van der Waals surface area contributed by atoms with Crippen LogP contribution in [0.3, 0.4) is 0 Å². The van der Waals surface area contributed by atoms with Gasteiger partial charge in [0.1, 0.15) is 6.29 Å². The molecule has 2 heteroatoms. The number of aliphatic hydroxyl groups is 1. The van der Waals surface area contributed by atoms with E-state index in [1.54, 1.807) is 0 Å². The number of hydrogen-bond acceptors (Lipinski definition) is 2. The van der Waals surface area contributed by atoms with Crippen LogP contribution in [0.4, 0.5) is 0 Å². The maximum absolute atomic E-state index is 10.8. The lowest BCUT2D eigenvalue weighted by Crippen LogP contribution is -2.27. The fourth-order valence-electron chi connectivity index (χ4n) is 5.43. The van der Waals surface area contributed by atoms with Crippen LogP contribution in [0.25, 0.3) is 11.1 Å². The maximum Gasteiger partial charge on any atom is 0.124 e. The number of aldehydes is 1. The predicted molar refractivity (Wildman–Crippen MR) is 153 cm³/mol. The SMILES string of the molecule is CCC(CC)(c1ccc(CCC(O)C(C)(C)C)c(C)c1)c1ccc(-c2ccc(CC=O)cc2)c(C)c1. The highest BCUT2D eigenvalue weighted by Gasteiger charge is 2.31. The Morgan fingerprint density at radius 2 is 1.42 bits per heavy atom. The van der Waals surface area contributed by atoms with E-state index < -0.39 is 0 Å². The Morgan fingerprint density at radius 3 is 1.92 bits per heavy atom. The number of hydrogen-bond donors (Lipinski definition) is 1. The van der Waals surface area contributed by atoms with E-state index in [2.05, 4.69) is 97.0 Å². The normalized spacial score (nSPS) is 13.0. The Balaban J connectivity index is 1.91. The number of rotatable bonds is 10. The largest absolute Gasteiger partial charge is 0.393 e. The number of carbonyl (C=O) groups excluding carboxylic acids is 1. The van der Waals surface area contributed by atoms with Gasteiger partial charge in [-0.15, -0.1) is 0 Å². The zero-order chi connectivity index (χ0) is 26.5. The van der Waals surface area contributed by atoms with Crippen molar-refractivity contribution in [1.82, 2.24) is 0 Å². The molecule has 0 radical (unpaired) electrons. The van der Waals surface area contributed by atoms with Crippen LogP contribution in [0.15, 0.2) is 60.7 Å². The third-order valence-electron chi connectivity index (χ3n) is 8.15. The molecule has 0 aliphatic carbocycles. The second kappa shape index (κ2) is 11.6. The Labute approximate surface area is 218 Å². The van der Waals surface area contributed by atoms with Crippen LogP contribution < -0.4 is 0 Å². The van der Waals surface area contributed by atoms with Crippen molar-refractivity contribution in [3.8, 4) is 11.1 Å². The first-order chi connectivity index (χ1) is 17.1. The zero-order valence-electron chi connectivity index (χ0n) is 23.3. The van der Waals surface area contributed by atoms with Crippen LogP contribution in [0.5, 0.6) is 0 Å². The number of aliphatic hydroxyl groups excluding tert-OH is 1. The topological polar surface area (TPSA) is 37.3 Å². The second-order valence-electron chi connectivity index (χ2n) is 11.4. The van der Waals surface area contributed by atoms with Crippen molar-refractivity contribution in [2.24, 2.45) is 5.41 Å². The molecule has 36 heavy (non-hydrogen) atoms. The molecule has 192 valence electrons. The highest BCUT2D eigenvalue weighted by molar-refractivity contribution is 5.69. The van der Waals surface area contributed by atoms with Gasteiger partial charge >= 0.3 is 0 Å². The van der Waals surface area contributed by atoms with E-state index in [1.807, 2.05) is 12.1 Å². The first-order valence-corrected chi connectivity index (χ1v) is 13.5. The summed E-state index contributed by atoms with van der Waals surface area (Å²) in [4.78, 5) is 10.8. The summed E-state index contributed by atoms with van der Waals surface area (Å²) in [6.45, 7) is 15.3. The van der Waals surface area contributed by atoms with Gasteiger partial charge in [-0.3, -0.25) is 0 Å². The van der Waals surface area contributed by atoms with Gasteiger partial charge in [0.2, 0.25) is 0 Å². The Bertz CT molecular complexity index is 1160. The molecule has 0 aliphatic heterocycles. The van der Waals surface area contributed by atoms with Gasteiger partial charge in [0.25, 0.3) is 0 Å². The van der Waals surface area contributed by atoms with Gasteiger partial charge < -0.3 is 9.90 Å². The Hall–Kier alpha value is -2.71. The number of aryl methyl sites for hydroxylation is 3. The molecule has 0 spiro atoms. The summed E-state index contributed by atoms with van der Waals surface area (Å²) >= 11 is 0. The van der Waals surface area contributed by atoms with Gasteiger partial charge in [-0.2, -0.15) is 0 Å². The van der Waals surface area contributed by atoms with Crippen molar-refractivity contribution in [2.45, 2.75) is 92.1 Å². The summed E-state index contributed by atoms with van der Waals surface area (Å²) in [7, 11) is 0. The molecular formula is C34H44O2. The van der Waals surface area contributed by atoms with E-state index in [9.17, 15) is 9.90 Å². The van der Waals surface area contributed by atoms with E-state index in [-0.39, 0.29) is 16.9 Å². The van der Waals surface area contributed by atoms with E-state index in [0.717, 1.165) is 37.5 Å². The molecule has 0 saturated heterocycles. The van der Waals surface area contributed by atoms with Crippen molar-refractivity contribution in [3.63, 3.8) is 0 Å². The highest BCUT2D eigenvalue weighted by Crippen LogP contribution is 2.41. The van der Waals surface area contributed by atoms with Gasteiger partial charge in [0, 0.05) is 11.8 Å². The molecule has 1 N–H and O–H groups in total. The quantitative estimate of drug-likeness (QED) is 0.295. The molecule has 3 rings (SSSR count). The Kier molecular flexibility index (Phi) is 8.95. The minimum absolute atomic E-state index is 0.0364. The van der Waals surface area contributed by atoms with Gasteiger partial charge in [-0.25, -0.2) is 0 Å². The lowest BCUT2D eigenvalue weighted by atomic mass is 9.69. The molecule has 0 aromatic heterocycles. The first-order valence-electron chi connectivity index (χ1n) is 13.5. The number of carbonyl (C=O) groups is 1. The average molecular weight is 485 g/mol. The van der Waals surface area contributed by atoms with Crippen LogP contribution in [-0.4, -0.2) is 17.5 Å². The van der Waals surface area contributed by atoms with E-state index in [0.29, 0.717) is 6.42 Å². The Morgan fingerprint density at radius 1 is 0.833 bits per heavy atom. The van der Waals surface area contributed by atoms with E-state index >= 15 is 0 Å². The molecule has 0 aliphatic rings. The van der Waals surface area contributed by atoms with Crippen LogP contribution in [0.2, 0.25) is 0 Å².